The quantitative estimate of drug-likeness (QED) is 0.344. The number of aryl methyl sites for hydroxylation is 3. The van der Waals surface area contributed by atoms with Crippen LogP contribution in [0, 0.1) is 34.6 Å². The van der Waals surface area contributed by atoms with E-state index in [1.54, 1.807) is 0 Å². The van der Waals surface area contributed by atoms with Gasteiger partial charge in [0.05, 0.1) is 0 Å². The fourth-order valence-electron chi connectivity index (χ4n) is 3.72. The number of benzene rings is 3. The van der Waals surface area contributed by atoms with Gasteiger partial charge in [-0.05, 0) is 68.0 Å². The van der Waals surface area contributed by atoms with Crippen molar-refractivity contribution in [2.24, 2.45) is 0 Å². The van der Waals surface area contributed by atoms with Crippen LogP contribution in [0.4, 0.5) is 0 Å². The molecule has 0 nitrogen and oxygen atoms in total. The minimum atomic E-state index is 1.32. The van der Waals surface area contributed by atoms with E-state index in [4.69, 9.17) is 0 Å². The predicted octanol–water partition coefficient (Wildman–Crippen LogP) is 7.26. The van der Waals surface area contributed by atoms with Crippen molar-refractivity contribution >= 4 is 31.5 Å². The summed E-state index contributed by atoms with van der Waals surface area (Å²) in [5.74, 6) is 0. The van der Waals surface area contributed by atoms with Crippen LogP contribution >= 0.6 is 11.3 Å². The minimum Gasteiger partial charge on any atom is -0.134 e. The Balaban J connectivity index is 2.27. The molecule has 0 aliphatic carbocycles. The summed E-state index contributed by atoms with van der Waals surface area (Å²) in [4.78, 5) is 0. The molecule has 24 heavy (non-hydrogen) atoms. The normalized spacial score (nSPS) is 11.5. The fraction of sp³-hybridized carbons (Fsp3) is 0.217. The average molecular weight is 330 g/mol. The summed E-state index contributed by atoms with van der Waals surface area (Å²) in [7, 11) is 0. The lowest BCUT2D eigenvalue weighted by molar-refractivity contribution is 1.30. The maximum atomic E-state index is 2.31. The standard InChI is InChI=1S/C23H22S/c1-13-11-12-19-21-17(5)15(3)16(4)20(18-9-7-6-8-10-18)23(21)24-22(19)14(13)2/h6-12H,1-5H3. The molecule has 4 aromatic rings. The predicted molar refractivity (Wildman–Crippen MR) is 108 cm³/mol. The third-order valence-electron chi connectivity index (χ3n) is 5.54. The van der Waals surface area contributed by atoms with E-state index in [9.17, 15) is 0 Å². The molecular formula is C23H22S. The van der Waals surface area contributed by atoms with Crippen LogP contribution in [-0.2, 0) is 0 Å². The van der Waals surface area contributed by atoms with Crippen LogP contribution in [0.25, 0.3) is 31.3 Å². The second-order valence-corrected chi connectivity index (χ2v) is 7.83. The number of rotatable bonds is 1. The molecule has 0 saturated heterocycles. The maximum absolute atomic E-state index is 2.31. The van der Waals surface area contributed by atoms with E-state index in [0.29, 0.717) is 0 Å². The monoisotopic (exact) mass is 330 g/mol. The van der Waals surface area contributed by atoms with Gasteiger partial charge in [-0.1, -0.05) is 42.5 Å². The third kappa shape index (κ3) is 2.04. The minimum absolute atomic E-state index is 1.32. The van der Waals surface area contributed by atoms with Crippen LogP contribution in [0.3, 0.4) is 0 Å². The first-order valence-electron chi connectivity index (χ1n) is 8.48. The second-order valence-electron chi connectivity index (χ2n) is 6.81. The van der Waals surface area contributed by atoms with E-state index < -0.39 is 0 Å². The lowest BCUT2D eigenvalue weighted by atomic mass is 9.90. The zero-order valence-corrected chi connectivity index (χ0v) is 15.8. The van der Waals surface area contributed by atoms with E-state index >= 15 is 0 Å². The van der Waals surface area contributed by atoms with Crippen molar-refractivity contribution in [3.8, 4) is 11.1 Å². The van der Waals surface area contributed by atoms with Crippen molar-refractivity contribution in [3.05, 3.63) is 70.3 Å². The molecule has 1 heteroatoms. The summed E-state index contributed by atoms with van der Waals surface area (Å²) < 4.78 is 2.88. The fourth-order valence-corrected chi connectivity index (χ4v) is 5.26. The Morgan fingerprint density at radius 2 is 1.33 bits per heavy atom. The van der Waals surface area contributed by atoms with Gasteiger partial charge < -0.3 is 0 Å². The van der Waals surface area contributed by atoms with Crippen LogP contribution in [0.1, 0.15) is 27.8 Å². The second kappa shape index (κ2) is 5.46. The largest absolute Gasteiger partial charge is 0.134 e. The Bertz CT molecular complexity index is 1080. The molecule has 0 aliphatic rings. The molecule has 0 bridgehead atoms. The molecule has 1 aromatic heterocycles. The molecule has 3 aromatic carbocycles. The van der Waals surface area contributed by atoms with Crippen molar-refractivity contribution < 1.29 is 0 Å². The first-order valence-corrected chi connectivity index (χ1v) is 9.30. The van der Waals surface area contributed by atoms with Gasteiger partial charge in [-0.25, -0.2) is 0 Å². The summed E-state index contributed by atoms with van der Waals surface area (Å²) in [6.45, 7) is 11.3. The highest BCUT2D eigenvalue weighted by atomic mass is 32.1. The van der Waals surface area contributed by atoms with Crippen LogP contribution in [0.15, 0.2) is 42.5 Å². The molecule has 0 fully saturated rings. The Morgan fingerprint density at radius 3 is 2.04 bits per heavy atom. The van der Waals surface area contributed by atoms with Gasteiger partial charge in [-0.3, -0.25) is 0 Å². The van der Waals surface area contributed by atoms with E-state index in [0.717, 1.165) is 0 Å². The van der Waals surface area contributed by atoms with Gasteiger partial charge >= 0.3 is 0 Å². The Labute approximate surface area is 147 Å². The zero-order valence-electron chi connectivity index (χ0n) is 14.9. The van der Waals surface area contributed by atoms with Crippen LogP contribution in [0.2, 0.25) is 0 Å². The molecule has 0 N–H and O–H groups in total. The maximum Gasteiger partial charge on any atom is 0.0439 e. The van der Waals surface area contributed by atoms with Crippen molar-refractivity contribution in [1.82, 2.24) is 0 Å². The summed E-state index contributed by atoms with van der Waals surface area (Å²) >= 11 is 1.96. The molecule has 0 radical (unpaired) electrons. The molecule has 1 heterocycles. The Kier molecular flexibility index (Phi) is 3.51. The third-order valence-corrected chi connectivity index (χ3v) is 6.88. The van der Waals surface area contributed by atoms with Crippen molar-refractivity contribution in [1.29, 1.82) is 0 Å². The zero-order chi connectivity index (χ0) is 17.0. The van der Waals surface area contributed by atoms with Crippen LogP contribution in [0.5, 0.6) is 0 Å². The summed E-state index contributed by atoms with van der Waals surface area (Å²) in [6, 6.07) is 15.4. The van der Waals surface area contributed by atoms with Gasteiger partial charge in [0.25, 0.3) is 0 Å². The summed E-state index contributed by atoms with van der Waals surface area (Å²) in [5.41, 5.74) is 9.78. The molecular weight excluding hydrogens is 308 g/mol. The smallest absolute Gasteiger partial charge is 0.0439 e. The van der Waals surface area contributed by atoms with Crippen LogP contribution in [-0.4, -0.2) is 0 Å². The molecule has 0 unspecified atom stereocenters. The van der Waals surface area contributed by atoms with Gasteiger partial charge in [0.1, 0.15) is 0 Å². The lowest BCUT2D eigenvalue weighted by Crippen LogP contribution is -1.92. The van der Waals surface area contributed by atoms with Crippen molar-refractivity contribution in [2.75, 3.05) is 0 Å². The summed E-state index contributed by atoms with van der Waals surface area (Å²) in [5, 5.41) is 2.86. The van der Waals surface area contributed by atoms with E-state index in [-0.39, 0.29) is 0 Å². The van der Waals surface area contributed by atoms with Gasteiger partial charge in [0.2, 0.25) is 0 Å². The number of thiophene rings is 1. The van der Waals surface area contributed by atoms with Gasteiger partial charge in [-0.15, -0.1) is 11.3 Å². The van der Waals surface area contributed by atoms with Crippen molar-refractivity contribution in [2.45, 2.75) is 34.6 Å². The highest BCUT2D eigenvalue weighted by molar-refractivity contribution is 7.26. The van der Waals surface area contributed by atoms with Crippen molar-refractivity contribution in [3.63, 3.8) is 0 Å². The number of hydrogen-bond acceptors (Lipinski definition) is 1. The number of hydrogen-bond donors (Lipinski definition) is 0. The first kappa shape index (κ1) is 15.4. The molecule has 0 atom stereocenters. The molecule has 0 amide bonds. The van der Waals surface area contributed by atoms with E-state index in [1.165, 1.54) is 59.1 Å². The SMILES string of the molecule is Cc1ccc2c(sc3c(-c4ccccc4)c(C)c(C)c(C)c32)c1C. The Morgan fingerprint density at radius 1 is 0.625 bits per heavy atom. The average Bonchev–Trinajstić information content (AvgIpc) is 2.97. The molecule has 0 saturated carbocycles. The van der Waals surface area contributed by atoms with Gasteiger partial charge in [0.15, 0.2) is 0 Å². The van der Waals surface area contributed by atoms with E-state index in [2.05, 4.69) is 77.1 Å². The highest BCUT2D eigenvalue weighted by Gasteiger charge is 2.18. The molecule has 0 aliphatic heterocycles. The number of fused-ring (bicyclic) bond motifs is 3. The Hall–Kier alpha value is -2.12. The van der Waals surface area contributed by atoms with Gasteiger partial charge in [0, 0.05) is 25.7 Å². The van der Waals surface area contributed by atoms with E-state index in [1.807, 2.05) is 11.3 Å². The molecule has 4 rings (SSSR count). The van der Waals surface area contributed by atoms with Crippen LogP contribution < -0.4 is 0 Å². The lowest BCUT2D eigenvalue weighted by Gasteiger charge is -2.14. The first-order chi connectivity index (χ1) is 11.5. The topological polar surface area (TPSA) is 0 Å². The summed E-state index contributed by atoms with van der Waals surface area (Å²) in [6.07, 6.45) is 0. The molecule has 120 valence electrons. The molecule has 0 spiro atoms. The van der Waals surface area contributed by atoms with Gasteiger partial charge in [-0.2, -0.15) is 0 Å². The highest BCUT2D eigenvalue weighted by Crippen LogP contribution is 2.45.